The van der Waals surface area contributed by atoms with E-state index in [4.69, 9.17) is 18.3 Å². The van der Waals surface area contributed by atoms with Gasteiger partial charge in [-0.25, -0.2) is 0 Å². The molecule has 0 aromatic carbocycles. The first-order valence-corrected chi connectivity index (χ1v) is 13.0. The number of aliphatic hydroxyl groups is 1. The van der Waals surface area contributed by atoms with E-state index in [9.17, 15) is 5.11 Å². The Hall–Kier alpha value is 0.0169. The minimum Gasteiger partial charge on any atom is -0.396 e. The molecule has 0 saturated heterocycles. The van der Waals surface area contributed by atoms with E-state index in [1.807, 2.05) is 6.92 Å². The molecule has 168 valence electrons. The summed E-state index contributed by atoms with van der Waals surface area (Å²) < 4.78 is 24.7. The SMILES string of the molecule is CCOCC(C1CCC(O)C(OCC(C)C)C1)[SiH](OCC(C)C)OCC(C)C. The second-order valence-corrected chi connectivity index (χ2v) is 11.8. The molecule has 1 N–H and O–H groups in total. The molecule has 0 spiro atoms. The summed E-state index contributed by atoms with van der Waals surface area (Å²) in [7, 11) is -1.92. The molecule has 1 rings (SSSR count). The van der Waals surface area contributed by atoms with Crippen molar-refractivity contribution in [2.75, 3.05) is 33.0 Å². The third kappa shape index (κ3) is 10.2. The van der Waals surface area contributed by atoms with Gasteiger partial charge in [0.15, 0.2) is 0 Å². The zero-order valence-electron chi connectivity index (χ0n) is 19.4. The summed E-state index contributed by atoms with van der Waals surface area (Å²) in [6.45, 7) is 18.6. The zero-order valence-corrected chi connectivity index (χ0v) is 20.5. The highest BCUT2D eigenvalue weighted by molar-refractivity contribution is 6.46. The average Bonchev–Trinajstić information content (AvgIpc) is 2.62. The third-order valence-corrected chi connectivity index (χ3v) is 7.58. The molecule has 1 fully saturated rings. The van der Waals surface area contributed by atoms with Crippen LogP contribution in [-0.2, 0) is 18.3 Å². The van der Waals surface area contributed by atoms with Crippen LogP contribution in [0.1, 0.15) is 67.7 Å². The quantitative estimate of drug-likeness (QED) is 0.429. The highest BCUT2D eigenvalue weighted by Crippen LogP contribution is 2.38. The molecular formula is C22H46O5Si. The molecule has 0 heterocycles. The van der Waals surface area contributed by atoms with Gasteiger partial charge in [0.2, 0.25) is 0 Å². The zero-order chi connectivity index (χ0) is 21.1. The van der Waals surface area contributed by atoms with Gasteiger partial charge in [0, 0.05) is 32.0 Å². The first-order chi connectivity index (χ1) is 13.2. The van der Waals surface area contributed by atoms with Gasteiger partial charge in [-0.15, -0.1) is 0 Å². The molecule has 0 radical (unpaired) electrons. The Kier molecular flexibility index (Phi) is 13.1. The maximum Gasteiger partial charge on any atom is 0.327 e. The molecule has 0 aliphatic heterocycles. The van der Waals surface area contributed by atoms with Crippen LogP contribution in [0.3, 0.4) is 0 Å². The lowest BCUT2D eigenvalue weighted by Crippen LogP contribution is -2.44. The van der Waals surface area contributed by atoms with Crippen LogP contribution in [0.15, 0.2) is 0 Å². The molecule has 6 heteroatoms. The average molecular weight is 419 g/mol. The van der Waals surface area contributed by atoms with Gasteiger partial charge in [-0.05, 0) is 49.9 Å². The molecule has 1 aliphatic rings. The molecule has 0 bridgehead atoms. The predicted octanol–water partition coefficient (Wildman–Crippen LogP) is 4.16. The van der Waals surface area contributed by atoms with Gasteiger partial charge in [0.05, 0.1) is 18.8 Å². The number of ether oxygens (including phenoxy) is 2. The fourth-order valence-corrected chi connectivity index (χ4v) is 6.42. The number of hydrogen-bond acceptors (Lipinski definition) is 5. The van der Waals surface area contributed by atoms with E-state index in [1.54, 1.807) is 0 Å². The van der Waals surface area contributed by atoms with E-state index in [2.05, 4.69) is 41.5 Å². The smallest absolute Gasteiger partial charge is 0.327 e. The monoisotopic (exact) mass is 418 g/mol. The van der Waals surface area contributed by atoms with Crippen molar-refractivity contribution in [1.82, 2.24) is 0 Å². The summed E-state index contributed by atoms with van der Waals surface area (Å²) in [5, 5.41) is 10.4. The van der Waals surface area contributed by atoms with Crippen LogP contribution in [0.25, 0.3) is 0 Å². The normalized spacial score (nSPS) is 24.6. The number of hydrogen-bond donors (Lipinski definition) is 1. The lowest BCUT2D eigenvalue weighted by Gasteiger charge is -2.39. The van der Waals surface area contributed by atoms with Crippen molar-refractivity contribution in [3.05, 3.63) is 0 Å². The highest BCUT2D eigenvalue weighted by atomic mass is 28.3. The van der Waals surface area contributed by atoms with Crippen molar-refractivity contribution >= 4 is 9.28 Å². The molecule has 4 unspecified atom stereocenters. The molecule has 0 aromatic rings. The highest BCUT2D eigenvalue weighted by Gasteiger charge is 2.40. The van der Waals surface area contributed by atoms with Crippen molar-refractivity contribution in [3.63, 3.8) is 0 Å². The first kappa shape index (κ1) is 26.1. The van der Waals surface area contributed by atoms with E-state index in [1.165, 1.54) is 0 Å². The summed E-state index contributed by atoms with van der Waals surface area (Å²) in [4.78, 5) is 0. The Morgan fingerprint density at radius 2 is 1.43 bits per heavy atom. The maximum absolute atomic E-state index is 10.4. The van der Waals surface area contributed by atoms with Gasteiger partial charge in [0.1, 0.15) is 0 Å². The van der Waals surface area contributed by atoms with Gasteiger partial charge in [-0.3, -0.25) is 0 Å². The van der Waals surface area contributed by atoms with Crippen molar-refractivity contribution in [3.8, 4) is 0 Å². The number of rotatable bonds is 14. The Balaban J connectivity index is 2.86. The van der Waals surface area contributed by atoms with Crippen molar-refractivity contribution in [2.45, 2.75) is 85.5 Å². The molecule has 5 nitrogen and oxygen atoms in total. The summed E-state index contributed by atoms with van der Waals surface area (Å²) in [5.41, 5.74) is 0.287. The Morgan fingerprint density at radius 1 is 0.857 bits per heavy atom. The second-order valence-electron chi connectivity index (χ2n) is 9.55. The van der Waals surface area contributed by atoms with Crippen LogP contribution >= 0.6 is 0 Å². The summed E-state index contributed by atoms with van der Waals surface area (Å²) in [5.74, 6) is 1.86. The molecule has 4 atom stereocenters. The van der Waals surface area contributed by atoms with Gasteiger partial charge < -0.3 is 23.4 Å². The molecule has 0 amide bonds. The number of aliphatic hydroxyl groups excluding tert-OH is 1. The molecular weight excluding hydrogens is 372 g/mol. The van der Waals surface area contributed by atoms with Crippen molar-refractivity contribution in [1.29, 1.82) is 0 Å². The van der Waals surface area contributed by atoms with Gasteiger partial charge in [-0.1, -0.05) is 41.5 Å². The van der Waals surface area contributed by atoms with Crippen LogP contribution in [0.2, 0.25) is 5.54 Å². The minimum atomic E-state index is -1.92. The molecule has 28 heavy (non-hydrogen) atoms. The lowest BCUT2D eigenvalue weighted by molar-refractivity contribution is -0.0820. The van der Waals surface area contributed by atoms with Gasteiger partial charge in [-0.2, -0.15) is 0 Å². The van der Waals surface area contributed by atoms with E-state index in [0.29, 0.717) is 43.5 Å². The fraction of sp³-hybridized carbons (Fsp3) is 1.00. The minimum absolute atomic E-state index is 0.0878. The lowest BCUT2D eigenvalue weighted by atomic mass is 9.83. The maximum atomic E-state index is 10.4. The standard InChI is InChI=1S/C22H46O5Si/c1-8-24-15-22(28(26-13-17(4)5)27-14-18(6)7)19-9-10-20(23)21(11-19)25-12-16(2)3/h16-23,28H,8-15H2,1-7H3. The Bertz CT molecular complexity index is 379. The molecule has 1 aliphatic carbocycles. The van der Waals surface area contributed by atoms with Crippen molar-refractivity contribution in [2.24, 2.45) is 23.7 Å². The van der Waals surface area contributed by atoms with Gasteiger partial charge >= 0.3 is 9.28 Å². The van der Waals surface area contributed by atoms with Crippen molar-refractivity contribution < 1.29 is 23.4 Å². The third-order valence-electron chi connectivity index (χ3n) is 5.10. The topological polar surface area (TPSA) is 57.2 Å². The Labute approximate surface area is 175 Å². The van der Waals surface area contributed by atoms with E-state index in [0.717, 1.165) is 32.5 Å². The summed E-state index contributed by atoms with van der Waals surface area (Å²) in [6.07, 6.45) is 2.18. The van der Waals surface area contributed by atoms with E-state index < -0.39 is 9.28 Å². The molecule has 0 aromatic heterocycles. The van der Waals surface area contributed by atoms with Crippen LogP contribution in [0.5, 0.6) is 0 Å². The fourth-order valence-electron chi connectivity index (χ4n) is 3.59. The van der Waals surface area contributed by atoms with Crippen LogP contribution in [0.4, 0.5) is 0 Å². The van der Waals surface area contributed by atoms with E-state index in [-0.39, 0.29) is 17.7 Å². The van der Waals surface area contributed by atoms with Gasteiger partial charge in [0.25, 0.3) is 0 Å². The molecule has 1 saturated carbocycles. The van der Waals surface area contributed by atoms with Crippen LogP contribution in [-0.4, -0.2) is 59.6 Å². The van der Waals surface area contributed by atoms with E-state index >= 15 is 0 Å². The predicted molar refractivity (Wildman–Crippen MR) is 117 cm³/mol. The Morgan fingerprint density at radius 3 is 1.93 bits per heavy atom. The largest absolute Gasteiger partial charge is 0.396 e. The second kappa shape index (κ2) is 14.1. The summed E-state index contributed by atoms with van der Waals surface area (Å²) in [6, 6.07) is 0. The van der Waals surface area contributed by atoms with Crippen LogP contribution in [0, 0.1) is 23.7 Å². The first-order valence-electron chi connectivity index (χ1n) is 11.3. The summed E-state index contributed by atoms with van der Waals surface area (Å²) >= 11 is 0. The van der Waals surface area contributed by atoms with Crippen LogP contribution < -0.4 is 0 Å².